The normalized spacial score (nSPS) is 23.3. The third kappa shape index (κ3) is 4.79. The molecule has 0 spiro atoms. The van der Waals surface area contributed by atoms with Crippen LogP contribution in [-0.4, -0.2) is 28.8 Å². The first kappa shape index (κ1) is 18.0. The first-order valence-electron chi connectivity index (χ1n) is 9.33. The van der Waals surface area contributed by atoms with E-state index in [0.717, 1.165) is 44.9 Å². The summed E-state index contributed by atoms with van der Waals surface area (Å²) in [6.07, 6.45) is 12.3. The lowest BCUT2D eigenvalue weighted by Crippen LogP contribution is -2.61. The van der Waals surface area contributed by atoms with Crippen LogP contribution in [0.4, 0.5) is 4.79 Å². The second kappa shape index (κ2) is 9.04. The van der Waals surface area contributed by atoms with Crippen LogP contribution >= 0.6 is 0 Å². The predicted octanol–water partition coefficient (Wildman–Crippen LogP) is 3.76. The number of carbonyl (C=O) groups is 3. The van der Waals surface area contributed by atoms with Crippen molar-refractivity contribution in [2.24, 2.45) is 5.92 Å². The molecule has 1 atom stereocenters. The van der Waals surface area contributed by atoms with Gasteiger partial charge in [-0.2, -0.15) is 0 Å². The number of hydrogen-bond acceptors (Lipinski definition) is 3. The summed E-state index contributed by atoms with van der Waals surface area (Å²) < 4.78 is 0. The summed E-state index contributed by atoms with van der Waals surface area (Å²) >= 11 is 0. The van der Waals surface area contributed by atoms with Gasteiger partial charge in [0, 0.05) is 6.04 Å². The van der Waals surface area contributed by atoms with Crippen molar-refractivity contribution >= 4 is 17.8 Å². The van der Waals surface area contributed by atoms with Crippen molar-refractivity contribution in [3.05, 3.63) is 0 Å². The van der Waals surface area contributed by atoms with Crippen LogP contribution in [0.5, 0.6) is 0 Å². The molecule has 2 fully saturated rings. The van der Waals surface area contributed by atoms with Gasteiger partial charge in [-0.15, -0.1) is 0 Å². The van der Waals surface area contributed by atoms with Gasteiger partial charge in [0.05, 0.1) is 0 Å². The van der Waals surface area contributed by atoms with Gasteiger partial charge in [0.25, 0.3) is 0 Å². The lowest BCUT2D eigenvalue weighted by molar-refractivity contribution is -0.144. The zero-order chi connectivity index (χ0) is 16.7. The number of imide groups is 2. The van der Waals surface area contributed by atoms with Gasteiger partial charge in [-0.25, -0.2) is 4.79 Å². The molecule has 1 N–H and O–H groups in total. The van der Waals surface area contributed by atoms with Gasteiger partial charge in [-0.3, -0.25) is 19.8 Å². The largest absolute Gasteiger partial charge is 0.331 e. The fourth-order valence-electron chi connectivity index (χ4n) is 3.70. The van der Waals surface area contributed by atoms with Crippen LogP contribution in [0.3, 0.4) is 0 Å². The zero-order valence-corrected chi connectivity index (χ0v) is 14.3. The average Bonchev–Trinajstić information content (AvgIpc) is 2.54. The van der Waals surface area contributed by atoms with Crippen LogP contribution in [0, 0.1) is 5.92 Å². The molecule has 5 heteroatoms. The van der Waals surface area contributed by atoms with Crippen molar-refractivity contribution in [1.29, 1.82) is 0 Å². The number of nitrogens with one attached hydrogen (secondary N) is 1. The van der Waals surface area contributed by atoms with Crippen molar-refractivity contribution in [3.8, 4) is 0 Å². The number of unbranched alkanes of at least 4 members (excludes halogenated alkanes) is 5. The lowest BCUT2D eigenvalue weighted by atomic mass is 9.91. The third-order valence-electron chi connectivity index (χ3n) is 5.09. The second-order valence-electron chi connectivity index (χ2n) is 6.90. The molecule has 1 aliphatic carbocycles. The quantitative estimate of drug-likeness (QED) is 0.546. The maximum absolute atomic E-state index is 12.7. The molecule has 2 rings (SSSR count). The number of rotatable bonds is 8. The number of amides is 4. The molecule has 0 aromatic rings. The Morgan fingerprint density at radius 3 is 2.30 bits per heavy atom. The van der Waals surface area contributed by atoms with Gasteiger partial charge in [0.15, 0.2) is 0 Å². The Kier molecular flexibility index (Phi) is 7.06. The molecule has 4 amide bonds. The van der Waals surface area contributed by atoms with E-state index in [9.17, 15) is 14.4 Å². The number of barbiturate groups is 1. The first-order valence-corrected chi connectivity index (χ1v) is 9.33. The van der Waals surface area contributed by atoms with Crippen molar-refractivity contribution in [3.63, 3.8) is 0 Å². The molecule has 0 aromatic carbocycles. The SMILES string of the molecule is CCCCCCCCC1C(=O)NC(=O)N(C2CCCCC2)C1=O. The molecule has 23 heavy (non-hydrogen) atoms. The molecule has 130 valence electrons. The van der Waals surface area contributed by atoms with Crippen LogP contribution < -0.4 is 5.32 Å². The summed E-state index contributed by atoms with van der Waals surface area (Å²) in [5, 5.41) is 2.40. The van der Waals surface area contributed by atoms with E-state index in [2.05, 4.69) is 12.2 Å². The molecule has 0 radical (unpaired) electrons. The third-order valence-corrected chi connectivity index (χ3v) is 5.09. The molecule has 1 aliphatic heterocycles. The molecule has 1 heterocycles. The molecule has 5 nitrogen and oxygen atoms in total. The van der Waals surface area contributed by atoms with Gasteiger partial charge < -0.3 is 0 Å². The maximum atomic E-state index is 12.7. The fraction of sp³-hybridized carbons (Fsp3) is 0.833. The van der Waals surface area contributed by atoms with Crippen LogP contribution in [-0.2, 0) is 9.59 Å². The van der Waals surface area contributed by atoms with Crippen molar-refractivity contribution in [1.82, 2.24) is 10.2 Å². The lowest BCUT2D eigenvalue weighted by Gasteiger charge is -2.37. The maximum Gasteiger partial charge on any atom is 0.331 e. The van der Waals surface area contributed by atoms with E-state index >= 15 is 0 Å². The van der Waals surface area contributed by atoms with Gasteiger partial charge in [-0.05, 0) is 19.3 Å². The van der Waals surface area contributed by atoms with Gasteiger partial charge >= 0.3 is 6.03 Å². The smallest absolute Gasteiger partial charge is 0.277 e. The monoisotopic (exact) mass is 322 g/mol. The molecule has 1 unspecified atom stereocenters. The predicted molar refractivity (Wildman–Crippen MR) is 88.7 cm³/mol. The number of carbonyl (C=O) groups excluding carboxylic acids is 3. The molecule has 0 aromatic heterocycles. The first-order chi connectivity index (χ1) is 11.1. The Bertz CT molecular complexity index is 430. The van der Waals surface area contributed by atoms with Gasteiger partial charge in [0.1, 0.15) is 5.92 Å². The Labute approximate surface area is 139 Å². The van der Waals surface area contributed by atoms with E-state index in [0.29, 0.717) is 6.42 Å². The van der Waals surface area contributed by atoms with Crippen LogP contribution in [0.2, 0.25) is 0 Å². The second-order valence-corrected chi connectivity index (χ2v) is 6.90. The topological polar surface area (TPSA) is 66.5 Å². The number of nitrogens with zero attached hydrogens (tertiary/aromatic N) is 1. The van der Waals surface area contributed by atoms with Crippen molar-refractivity contribution in [2.75, 3.05) is 0 Å². The van der Waals surface area contributed by atoms with E-state index < -0.39 is 17.9 Å². The van der Waals surface area contributed by atoms with Gasteiger partial charge in [-0.1, -0.05) is 64.7 Å². The van der Waals surface area contributed by atoms with Crippen LogP contribution in [0.25, 0.3) is 0 Å². The Hall–Kier alpha value is -1.39. The standard InChI is InChI=1S/C18H30N2O3/c1-2-3-4-5-6-10-13-15-16(21)19-18(23)20(17(15)22)14-11-8-7-9-12-14/h14-15H,2-13H2,1H3,(H,19,21,23). The molecular weight excluding hydrogens is 292 g/mol. The molecular formula is C18H30N2O3. The summed E-state index contributed by atoms with van der Waals surface area (Å²) in [5.74, 6) is -1.33. The number of urea groups is 1. The minimum absolute atomic E-state index is 0.0172. The molecule has 1 saturated heterocycles. The summed E-state index contributed by atoms with van der Waals surface area (Å²) in [4.78, 5) is 38.1. The van der Waals surface area contributed by atoms with Crippen molar-refractivity contribution in [2.45, 2.75) is 90.0 Å². The minimum atomic E-state index is -0.666. The Morgan fingerprint density at radius 2 is 1.61 bits per heavy atom. The highest BCUT2D eigenvalue weighted by atomic mass is 16.2. The van der Waals surface area contributed by atoms with E-state index in [1.54, 1.807) is 0 Å². The summed E-state index contributed by atoms with van der Waals surface area (Å²) in [5.41, 5.74) is 0. The molecule has 0 bridgehead atoms. The fourth-order valence-corrected chi connectivity index (χ4v) is 3.70. The molecule has 1 saturated carbocycles. The highest BCUT2D eigenvalue weighted by Crippen LogP contribution is 2.27. The van der Waals surface area contributed by atoms with E-state index in [1.165, 1.54) is 30.6 Å². The summed E-state index contributed by atoms with van der Waals surface area (Å²) in [6, 6.07) is -0.525. The van der Waals surface area contributed by atoms with E-state index in [1.807, 2.05) is 0 Å². The minimum Gasteiger partial charge on any atom is -0.277 e. The molecule has 2 aliphatic rings. The highest BCUT2D eigenvalue weighted by Gasteiger charge is 2.43. The number of hydrogen-bond donors (Lipinski definition) is 1. The summed E-state index contributed by atoms with van der Waals surface area (Å²) in [6.45, 7) is 2.18. The summed E-state index contributed by atoms with van der Waals surface area (Å²) in [7, 11) is 0. The Balaban J connectivity index is 1.87. The zero-order valence-electron chi connectivity index (χ0n) is 14.3. The van der Waals surface area contributed by atoms with E-state index in [4.69, 9.17) is 0 Å². The van der Waals surface area contributed by atoms with Gasteiger partial charge in [0.2, 0.25) is 11.8 Å². The van der Waals surface area contributed by atoms with Crippen molar-refractivity contribution < 1.29 is 14.4 Å². The Morgan fingerprint density at radius 1 is 0.957 bits per heavy atom. The van der Waals surface area contributed by atoms with E-state index in [-0.39, 0.29) is 11.9 Å². The van der Waals surface area contributed by atoms with Crippen LogP contribution in [0.1, 0.15) is 84.0 Å². The highest BCUT2D eigenvalue weighted by molar-refractivity contribution is 6.16. The van der Waals surface area contributed by atoms with Crippen LogP contribution in [0.15, 0.2) is 0 Å². The average molecular weight is 322 g/mol.